The first-order valence-corrected chi connectivity index (χ1v) is 11.6. The Labute approximate surface area is 192 Å². The number of amides is 1. The predicted octanol–water partition coefficient (Wildman–Crippen LogP) is 4.35. The Bertz CT molecular complexity index is 1030. The van der Waals surface area contributed by atoms with Crippen LogP contribution in [-0.2, 0) is 16.1 Å². The van der Waals surface area contributed by atoms with E-state index in [-0.39, 0.29) is 5.91 Å². The van der Waals surface area contributed by atoms with E-state index in [1.807, 2.05) is 60.9 Å². The van der Waals surface area contributed by atoms with Gasteiger partial charge in [0.15, 0.2) is 0 Å². The highest BCUT2D eigenvalue weighted by Gasteiger charge is 2.23. The third kappa shape index (κ3) is 6.34. The molecule has 0 fully saturated rings. The molecular formula is C25H26N2O4S. The minimum Gasteiger partial charge on any atom is -0.487 e. The number of esters is 1. The lowest BCUT2D eigenvalue weighted by Crippen LogP contribution is -2.42. The summed E-state index contributed by atoms with van der Waals surface area (Å²) < 4.78 is 10.7. The van der Waals surface area contributed by atoms with Gasteiger partial charge in [0.05, 0.1) is 13.3 Å². The van der Waals surface area contributed by atoms with Crippen LogP contribution in [0.25, 0.3) is 11.1 Å². The van der Waals surface area contributed by atoms with E-state index in [1.165, 1.54) is 7.11 Å². The summed E-state index contributed by atoms with van der Waals surface area (Å²) >= 11 is 1.61. The van der Waals surface area contributed by atoms with Gasteiger partial charge in [-0.1, -0.05) is 36.4 Å². The third-order valence-corrected chi connectivity index (χ3v) is 5.50. The summed E-state index contributed by atoms with van der Waals surface area (Å²) in [5.41, 5.74) is 3.07. The molecule has 0 saturated heterocycles. The maximum absolute atomic E-state index is 13.2. The van der Waals surface area contributed by atoms with Crippen molar-refractivity contribution < 1.29 is 19.1 Å². The van der Waals surface area contributed by atoms with Crippen molar-refractivity contribution in [2.75, 3.05) is 19.1 Å². The van der Waals surface area contributed by atoms with E-state index in [9.17, 15) is 9.59 Å². The van der Waals surface area contributed by atoms with Gasteiger partial charge in [-0.3, -0.25) is 9.78 Å². The summed E-state index contributed by atoms with van der Waals surface area (Å²) in [5, 5.41) is 2.84. The fraction of sp³-hybridized carbons (Fsp3) is 0.240. The zero-order valence-electron chi connectivity index (χ0n) is 18.1. The second-order valence-electron chi connectivity index (χ2n) is 7.05. The fourth-order valence-electron chi connectivity index (χ4n) is 3.20. The van der Waals surface area contributed by atoms with Gasteiger partial charge < -0.3 is 14.8 Å². The molecule has 1 atom stereocenters. The summed E-state index contributed by atoms with van der Waals surface area (Å²) in [6.07, 6.45) is 5.79. The van der Waals surface area contributed by atoms with Crippen LogP contribution in [0.1, 0.15) is 22.3 Å². The highest BCUT2D eigenvalue weighted by Crippen LogP contribution is 2.26. The van der Waals surface area contributed by atoms with E-state index in [0.29, 0.717) is 24.3 Å². The van der Waals surface area contributed by atoms with Crippen LogP contribution in [0.3, 0.4) is 0 Å². The summed E-state index contributed by atoms with van der Waals surface area (Å²) in [6, 6.07) is 18.2. The van der Waals surface area contributed by atoms with E-state index < -0.39 is 12.0 Å². The van der Waals surface area contributed by atoms with Gasteiger partial charge in [0.25, 0.3) is 5.91 Å². The van der Waals surface area contributed by atoms with Gasteiger partial charge >= 0.3 is 5.97 Å². The summed E-state index contributed by atoms with van der Waals surface area (Å²) in [6.45, 7) is 0.339. The zero-order valence-corrected chi connectivity index (χ0v) is 18.9. The average Bonchev–Trinajstić information content (AvgIpc) is 2.85. The molecule has 0 aliphatic heterocycles. The Morgan fingerprint density at radius 3 is 2.59 bits per heavy atom. The van der Waals surface area contributed by atoms with Crippen LogP contribution >= 0.6 is 11.8 Å². The molecule has 1 heterocycles. The van der Waals surface area contributed by atoms with Crippen LogP contribution in [0.2, 0.25) is 0 Å². The maximum atomic E-state index is 13.2. The number of ether oxygens (including phenoxy) is 2. The van der Waals surface area contributed by atoms with E-state index in [1.54, 1.807) is 30.2 Å². The summed E-state index contributed by atoms with van der Waals surface area (Å²) in [5.74, 6) is 0.636. The molecule has 0 radical (unpaired) electrons. The van der Waals surface area contributed by atoms with Gasteiger partial charge in [-0.15, -0.1) is 0 Å². The smallest absolute Gasteiger partial charge is 0.328 e. The molecule has 6 nitrogen and oxygen atoms in total. The summed E-state index contributed by atoms with van der Waals surface area (Å²) in [7, 11) is 1.33. The van der Waals surface area contributed by atoms with Crippen molar-refractivity contribution in [2.45, 2.75) is 19.1 Å². The number of pyridine rings is 1. The minimum atomic E-state index is -0.697. The van der Waals surface area contributed by atoms with E-state index >= 15 is 0 Å². The third-order valence-electron chi connectivity index (χ3n) is 4.85. The van der Waals surface area contributed by atoms with Crippen LogP contribution in [0.4, 0.5) is 0 Å². The Hall–Kier alpha value is -3.32. The van der Waals surface area contributed by atoms with E-state index in [2.05, 4.69) is 10.3 Å². The molecule has 0 saturated carbocycles. The van der Waals surface area contributed by atoms with Crippen molar-refractivity contribution in [1.29, 1.82) is 0 Å². The fourth-order valence-corrected chi connectivity index (χ4v) is 3.67. The minimum absolute atomic E-state index is 0.319. The number of hydrogen-bond acceptors (Lipinski definition) is 6. The van der Waals surface area contributed by atoms with Crippen LogP contribution in [0.5, 0.6) is 5.75 Å². The number of carbonyl (C=O) groups is 2. The molecular weight excluding hydrogens is 424 g/mol. The van der Waals surface area contributed by atoms with Crippen molar-refractivity contribution in [1.82, 2.24) is 10.3 Å². The normalized spacial score (nSPS) is 11.4. The van der Waals surface area contributed by atoms with Gasteiger partial charge in [-0.25, -0.2) is 4.79 Å². The first kappa shape index (κ1) is 23.3. The van der Waals surface area contributed by atoms with Gasteiger partial charge in [-0.2, -0.15) is 11.8 Å². The molecule has 0 bridgehead atoms. The quantitative estimate of drug-likeness (QED) is 0.463. The Morgan fingerprint density at radius 1 is 1.09 bits per heavy atom. The van der Waals surface area contributed by atoms with E-state index in [0.717, 1.165) is 22.4 Å². The predicted molar refractivity (Wildman–Crippen MR) is 127 cm³/mol. The molecule has 1 aromatic heterocycles. The molecule has 7 heteroatoms. The Balaban J connectivity index is 1.86. The van der Waals surface area contributed by atoms with Crippen molar-refractivity contribution in [2.24, 2.45) is 0 Å². The molecule has 0 spiro atoms. The molecule has 2 aromatic carbocycles. The van der Waals surface area contributed by atoms with Crippen LogP contribution in [0, 0.1) is 0 Å². The molecule has 3 rings (SSSR count). The molecule has 0 unspecified atom stereocenters. The van der Waals surface area contributed by atoms with Gasteiger partial charge in [-0.05, 0) is 59.4 Å². The van der Waals surface area contributed by atoms with Crippen LogP contribution in [0.15, 0.2) is 73.1 Å². The maximum Gasteiger partial charge on any atom is 0.328 e. The number of methoxy groups -OCH3 is 1. The Kier molecular flexibility index (Phi) is 8.69. The number of nitrogens with one attached hydrogen (secondary N) is 1. The number of nitrogens with zero attached hydrogens (tertiary/aromatic N) is 1. The largest absolute Gasteiger partial charge is 0.487 e. The van der Waals surface area contributed by atoms with Crippen LogP contribution in [-0.4, -0.2) is 42.0 Å². The van der Waals surface area contributed by atoms with E-state index in [4.69, 9.17) is 9.47 Å². The van der Waals surface area contributed by atoms with Crippen molar-refractivity contribution in [3.8, 4) is 16.9 Å². The molecule has 166 valence electrons. The molecule has 1 N–H and O–H groups in total. The number of aromatic nitrogens is 1. The topological polar surface area (TPSA) is 77.5 Å². The standard InChI is InChI=1S/C25H26N2O4S/c1-30-25(29)23(12-14-32-2)27-24(28)21-11-10-18(17-31-20-9-6-13-26-16-20)15-22(21)19-7-4-3-5-8-19/h3-11,13,15-16,23H,12,14,17H2,1-2H3,(H,27,28)/t23-/m0/s1. The van der Waals surface area contributed by atoms with Crippen molar-refractivity contribution in [3.63, 3.8) is 0 Å². The van der Waals surface area contributed by atoms with Gasteiger partial charge in [0, 0.05) is 11.8 Å². The van der Waals surface area contributed by atoms with Gasteiger partial charge in [0.2, 0.25) is 0 Å². The summed E-state index contributed by atoms with van der Waals surface area (Å²) in [4.78, 5) is 29.4. The first-order chi connectivity index (χ1) is 15.6. The monoisotopic (exact) mass is 450 g/mol. The molecule has 3 aromatic rings. The highest BCUT2D eigenvalue weighted by molar-refractivity contribution is 7.98. The highest BCUT2D eigenvalue weighted by atomic mass is 32.2. The van der Waals surface area contributed by atoms with Crippen molar-refractivity contribution >= 4 is 23.6 Å². The van der Waals surface area contributed by atoms with Crippen molar-refractivity contribution in [3.05, 3.63) is 84.2 Å². The number of benzene rings is 2. The number of thioether (sulfide) groups is 1. The lowest BCUT2D eigenvalue weighted by molar-refractivity contribution is -0.142. The zero-order chi connectivity index (χ0) is 22.8. The lowest BCUT2D eigenvalue weighted by atomic mass is 9.96. The number of carbonyl (C=O) groups excluding carboxylic acids is 2. The molecule has 1 amide bonds. The molecule has 32 heavy (non-hydrogen) atoms. The second-order valence-corrected chi connectivity index (χ2v) is 8.04. The first-order valence-electron chi connectivity index (χ1n) is 10.2. The average molecular weight is 451 g/mol. The molecule has 0 aliphatic carbocycles. The lowest BCUT2D eigenvalue weighted by Gasteiger charge is -2.18. The number of rotatable bonds is 10. The number of hydrogen-bond donors (Lipinski definition) is 1. The SMILES string of the molecule is COC(=O)[C@H](CCSC)NC(=O)c1ccc(COc2cccnc2)cc1-c1ccccc1. The van der Waals surface area contributed by atoms with Gasteiger partial charge in [0.1, 0.15) is 18.4 Å². The second kappa shape index (κ2) is 11.9. The molecule has 0 aliphatic rings. The Morgan fingerprint density at radius 2 is 1.91 bits per heavy atom. The van der Waals surface area contributed by atoms with Crippen LogP contribution < -0.4 is 10.1 Å².